The average Bonchev–Trinajstić information content (AvgIpc) is 3.39. The van der Waals surface area contributed by atoms with Crippen LogP contribution in [0, 0.1) is 5.92 Å². The second-order valence-electron chi connectivity index (χ2n) is 7.25. The van der Waals surface area contributed by atoms with Crippen LogP contribution in [0.25, 0.3) is 22.5 Å². The van der Waals surface area contributed by atoms with Gasteiger partial charge in [-0.1, -0.05) is 62.4 Å². The number of rotatable bonds is 7. The van der Waals surface area contributed by atoms with Gasteiger partial charge in [0.2, 0.25) is 5.82 Å². The largest absolute Gasteiger partial charge is 0.466 e. The monoisotopic (exact) mass is 389 g/mol. The molecular formula is C21H23N7O. The molecule has 8 nitrogen and oxygen atoms in total. The Morgan fingerprint density at radius 1 is 1.03 bits per heavy atom. The Bertz CT molecular complexity index is 1070. The summed E-state index contributed by atoms with van der Waals surface area (Å²) in [5.41, 5.74) is 4.25. The number of H-pyrrole nitrogens is 1. The smallest absolute Gasteiger partial charge is 0.335 e. The third kappa shape index (κ3) is 4.16. The van der Waals surface area contributed by atoms with Gasteiger partial charge in [0, 0.05) is 18.5 Å². The van der Waals surface area contributed by atoms with Gasteiger partial charge in [-0.05, 0) is 27.8 Å². The van der Waals surface area contributed by atoms with Crippen LogP contribution in [0.1, 0.15) is 25.2 Å². The van der Waals surface area contributed by atoms with Crippen LogP contribution in [0.2, 0.25) is 0 Å². The number of methoxy groups -OCH3 is 1. The third-order valence-corrected chi connectivity index (χ3v) is 4.59. The molecule has 0 bridgehead atoms. The molecule has 0 amide bonds. The molecule has 0 fully saturated rings. The summed E-state index contributed by atoms with van der Waals surface area (Å²) in [4.78, 5) is 4.51. The van der Waals surface area contributed by atoms with E-state index in [2.05, 4.69) is 74.9 Å². The molecule has 0 saturated heterocycles. The van der Waals surface area contributed by atoms with E-state index in [4.69, 9.17) is 4.74 Å². The maximum Gasteiger partial charge on any atom is 0.335 e. The standard InChI is InChI=1S/C21H23N7O/c1-14(2)13-28-19(22-21(25-28)29-3)12-15-8-10-16(11-9-15)17-6-4-5-7-18(17)20-23-26-27-24-20/h4-11,14H,12-13H2,1-3H3,(H,23,24,26,27). The molecule has 0 aliphatic rings. The minimum Gasteiger partial charge on any atom is -0.466 e. The van der Waals surface area contributed by atoms with Crippen molar-refractivity contribution in [2.45, 2.75) is 26.8 Å². The van der Waals surface area contributed by atoms with Gasteiger partial charge in [-0.3, -0.25) is 0 Å². The Hall–Kier alpha value is -3.55. The van der Waals surface area contributed by atoms with Crippen LogP contribution >= 0.6 is 0 Å². The van der Waals surface area contributed by atoms with Crippen molar-refractivity contribution in [2.24, 2.45) is 5.92 Å². The molecule has 148 valence electrons. The lowest BCUT2D eigenvalue weighted by Gasteiger charge is -2.10. The summed E-state index contributed by atoms with van der Waals surface area (Å²) in [5, 5.41) is 18.8. The van der Waals surface area contributed by atoms with Crippen molar-refractivity contribution >= 4 is 0 Å². The number of benzene rings is 2. The molecule has 0 radical (unpaired) electrons. The number of aromatic nitrogens is 7. The van der Waals surface area contributed by atoms with E-state index in [9.17, 15) is 0 Å². The zero-order valence-corrected chi connectivity index (χ0v) is 16.7. The van der Waals surface area contributed by atoms with E-state index in [0.717, 1.165) is 34.6 Å². The zero-order valence-electron chi connectivity index (χ0n) is 16.7. The maximum absolute atomic E-state index is 5.22. The van der Waals surface area contributed by atoms with Crippen molar-refractivity contribution in [2.75, 3.05) is 7.11 Å². The number of nitrogens with zero attached hydrogens (tertiary/aromatic N) is 6. The number of ether oxygens (including phenoxy) is 1. The van der Waals surface area contributed by atoms with Crippen molar-refractivity contribution < 1.29 is 4.74 Å². The van der Waals surface area contributed by atoms with Crippen molar-refractivity contribution in [1.29, 1.82) is 0 Å². The lowest BCUT2D eigenvalue weighted by molar-refractivity contribution is 0.370. The highest BCUT2D eigenvalue weighted by Gasteiger charge is 2.13. The minimum absolute atomic E-state index is 0.409. The molecule has 8 heteroatoms. The van der Waals surface area contributed by atoms with Gasteiger partial charge in [-0.2, -0.15) is 10.2 Å². The van der Waals surface area contributed by atoms with Gasteiger partial charge in [-0.15, -0.1) is 15.3 Å². The lowest BCUT2D eigenvalue weighted by atomic mass is 9.98. The fourth-order valence-electron chi connectivity index (χ4n) is 3.25. The van der Waals surface area contributed by atoms with Crippen LogP contribution in [0.3, 0.4) is 0 Å². The van der Waals surface area contributed by atoms with E-state index in [1.807, 2.05) is 22.9 Å². The summed E-state index contributed by atoms with van der Waals surface area (Å²) in [6.45, 7) is 5.13. The second-order valence-corrected chi connectivity index (χ2v) is 7.25. The van der Waals surface area contributed by atoms with Crippen LogP contribution in [0.5, 0.6) is 6.01 Å². The Morgan fingerprint density at radius 2 is 1.79 bits per heavy atom. The predicted octanol–water partition coefficient (Wildman–Crippen LogP) is 3.38. The molecule has 0 spiro atoms. The SMILES string of the molecule is COc1nc(Cc2ccc(-c3ccccc3-c3nn[nH]n3)cc2)n(CC(C)C)n1. The van der Waals surface area contributed by atoms with Crippen LogP contribution in [0.15, 0.2) is 48.5 Å². The first kappa shape index (κ1) is 18.8. The molecule has 0 unspecified atom stereocenters. The van der Waals surface area contributed by atoms with Crippen LogP contribution in [0.4, 0.5) is 0 Å². The van der Waals surface area contributed by atoms with E-state index in [1.54, 1.807) is 7.11 Å². The van der Waals surface area contributed by atoms with Crippen molar-refractivity contribution in [3.63, 3.8) is 0 Å². The molecular weight excluding hydrogens is 366 g/mol. The summed E-state index contributed by atoms with van der Waals surface area (Å²) >= 11 is 0. The van der Waals surface area contributed by atoms with E-state index in [-0.39, 0.29) is 0 Å². The Kier molecular flexibility index (Phi) is 5.33. The van der Waals surface area contributed by atoms with Gasteiger partial charge >= 0.3 is 6.01 Å². The summed E-state index contributed by atoms with van der Waals surface area (Å²) in [7, 11) is 1.59. The molecule has 1 N–H and O–H groups in total. The molecule has 0 saturated carbocycles. The van der Waals surface area contributed by atoms with E-state index >= 15 is 0 Å². The molecule has 0 aliphatic carbocycles. The normalized spacial score (nSPS) is 11.2. The highest BCUT2D eigenvalue weighted by molar-refractivity contribution is 5.80. The van der Waals surface area contributed by atoms with Gasteiger partial charge < -0.3 is 4.74 Å². The Balaban J connectivity index is 1.60. The topological polar surface area (TPSA) is 94.4 Å². The molecule has 4 aromatic rings. The van der Waals surface area contributed by atoms with Gasteiger partial charge in [0.15, 0.2) is 0 Å². The van der Waals surface area contributed by atoms with Gasteiger partial charge in [-0.25, -0.2) is 4.68 Å². The molecule has 2 aromatic heterocycles. The van der Waals surface area contributed by atoms with Crippen LogP contribution < -0.4 is 4.74 Å². The molecule has 0 atom stereocenters. The fourth-order valence-corrected chi connectivity index (χ4v) is 3.25. The number of hydrogen-bond acceptors (Lipinski definition) is 6. The highest BCUT2D eigenvalue weighted by Crippen LogP contribution is 2.30. The van der Waals surface area contributed by atoms with E-state index in [0.29, 0.717) is 24.2 Å². The highest BCUT2D eigenvalue weighted by atomic mass is 16.5. The van der Waals surface area contributed by atoms with Crippen LogP contribution in [-0.2, 0) is 13.0 Å². The number of aromatic amines is 1. The minimum atomic E-state index is 0.409. The van der Waals surface area contributed by atoms with Crippen LogP contribution in [-0.4, -0.2) is 42.5 Å². The van der Waals surface area contributed by atoms with Crippen molar-refractivity contribution in [1.82, 2.24) is 35.4 Å². The second kappa shape index (κ2) is 8.22. The molecule has 2 aromatic carbocycles. The zero-order chi connectivity index (χ0) is 20.2. The van der Waals surface area contributed by atoms with Gasteiger partial charge in [0.05, 0.1) is 7.11 Å². The number of tetrazole rings is 1. The summed E-state index contributed by atoms with van der Waals surface area (Å²) in [6.07, 6.45) is 0.690. The Labute approximate surface area is 169 Å². The molecule has 29 heavy (non-hydrogen) atoms. The fraction of sp³-hybridized carbons (Fsp3) is 0.286. The van der Waals surface area contributed by atoms with E-state index < -0.39 is 0 Å². The first-order chi connectivity index (χ1) is 14.1. The molecule has 4 rings (SSSR count). The van der Waals surface area contributed by atoms with Crippen molar-refractivity contribution in [3.8, 4) is 28.5 Å². The number of nitrogens with one attached hydrogen (secondary N) is 1. The maximum atomic E-state index is 5.22. The quantitative estimate of drug-likeness (QED) is 0.521. The Morgan fingerprint density at radius 3 is 2.45 bits per heavy atom. The average molecular weight is 389 g/mol. The van der Waals surface area contributed by atoms with Gasteiger partial charge in [0.25, 0.3) is 0 Å². The van der Waals surface area contributed by atoms with Crippen molar-refractivity contribution in [3.05, 3.63) is 59.9 Å². The van der Waals surface area contributed by atoms with Gasteiger partial charge in [0.1, 0.15) is 5.82 Å². The summed E-state index contributed by atoms with van der Waals surface area (Å²) in [5.74, 6) is 1.96. The first-order valence-electron chi connectivity index (χ1n) is 9.54. The third-order valence-electron chi connectivity index (χ3n) is 4.59. The lowest BCUT2D eigenvalue weighted by Crippen LogP contribution is -2.10. The summed E-state index contributed by atoms with van der Waals surface area (Å²) in [6, 6.07) is 16.9. The summed E-state index contributed by atoms with van der Waals surface area (Å²) < 4.78 is 7.15. The predicted molar refractivity (Wildman–Crippen MR) is 109 cm³/mol. The number of hydrogen-bond donors (Lipinski definition) is 1. The van der Waals surface area contributed by atoms with E-state index in [1.165, 1.54) is 0 Å². The molecule has 0 aliphatic heterocycles. The first-order valence-corrected chi connectivity index (χ1v) is 9.54. The molecule has 2 heterocycles.